The van der Waals surface area contributed by atoms with Crippen molar-refractivity contribution in [1.29, 1.82) is 0 Å². The molecular weight excluding hydrogens is 1190 g/mol. The zero-order chi connectivity index (χ0) is 56.5. The second-order valence-corrected chi connectivity index (χ2v) is 39.3. The summed E-state index contributed by atoms with van der Waals surface area (Å²) in [6.07, 6.45) is 24.7. The number of hydrogen-bond donors (Lipinski definition) is 0. The van der Waals surface area contributed by atoms with Gasteiger partial charge >= 0.3 is 0 Å². The van der Waals surface area contributed by atoms with E-state index in [2.05, 4.69) is 138 Å². The van der Waals surface area contributed by atoms with Crippen molar-refractivity contribution in [3.63, 3.8) is 0 Å². The molecule has 0 saturated carbocycles. The smallest absolute Gasteiger partial charge is 0.132 e. The molecule has 0 bridgehead atoms. The Morgan fingerprint density at radius 1 is 0.390 bits per heavy atom. The van der Waals surface area contributed by atoms with Crippen LogP contribution in [-0.2, 0) is 0 Å². The second kappa shape index (κ2) is 25.9. The van der Waals surface area contributed by atoms with Crippen molar-refractivity contribution < 1.29 is 0 Å². The van der Waals surface area contributed by atoms with Crippen LogP contribution >= 0.6 is 91.5 Å². The number of aromatic nitrogens is 6. The SMILES string of the molecule is CCCCC(CC)C[Si]1(CC(CC)CCCC)c2cc(-c3cccs3)sc2-c2sc(-c3cnc(-c4cc5c(s4)-c4sc(-c6ncc(-c7cccs7)c7nsnc67)cc4[Si]5(CC(CC)CCCC)CC(CC)CCCC)c4nsnc34)cc21. The summed E-state index contributed by atoms with van der Waals surface area (Å²) in [6.45, 7) is 19.4. The minimum atomic E-state index is -2.38. The van der Waals surface area contributed by atoms with E-state index in [-0.39, 0.29) is 0 Å². The van der Waals surface area contributed by atoms with Gasteiger partial charge in [0.25, 0.3) is 0 Å². The largest absolute Gasteiger partial charge is 0.252 e. The third-order valence-corrected chi connectivity index (χ3v) is 38.5. The minimum absolute atomic E-state index is 0.681. The van der Waals surface area contributed by atoms with Crippen LogP contribution in [0.1, 0.15) is 158 Å². The maximum Gasteiger partial charge on any atom is 0.132 e. The molecule has 16 heteroatoms. The van der Waals surface area contributed by atoms with E-state index in [1.807, 2.05) is 45.3 Å². The van der Waals surface area contributed by atoms with Gasteiger partial charge in [-0.1, -0.05) is 170 Å². The molecule has 0 saturated heterocycles. The summed E-state index contributed by atoms with van der Waals surface area (Å²) < 4.78 is 20.4. The van der Waals surface area contributed by atoms with E-state index in [9.17, 15) is 0 Å². The van der Waals surface area contributed by atoms with Crippen molar-refractivity contribution in [2.75, 3.05) is 0 Å². The lowest BCUT2D eigenvalue weighted by molar-refractivity contribution is 0.469. The number of fused-ring (bicyclic) bond motifs is 8. The Morgan fingerprint density at radius 2 is 0.732 bits per heavy atom. The van der Waals surface area contributed by atoms with E-state index >= 15 is 0 Å². The van der Waals surface area contributed by atoms with Crippen molar-refractivity contribution in [2.24, 2.45) is 23.7 Å². The fraction of sp³-hybridized carbons (Fsp3) is 0.485. The first-order chi connectivity index (χ1) is 40.2. The van der Waals surface area contributed by atoms with Crippen molar-refractivity contribution in [3.8, 4) is 71.3 Å². The molecule has 0 N–H and O–H groups in total. The van der Waals surface area contributed by atoms with E-state index in [0.29, 0.717) is 11.8 Å². The quantitative estimate of drug-likeness (QED) is 0.0435. The van der Waals surface area contributed by atoms with Gasteiger partial charge in [0.1, 0.15) is 49.6 Å². The molecule has 10 aromatic rings. The van der Waals surface area contributed by atoms with Crippen LogP contribution in [0.3, 0.4) is 0 Å². The molecule has 0 fully saturated rings. The number of thiophene rings is 6. The number of hydrogen-bond acceptors (Lipinski definition) is 14. The number of nitrogens with zero attached hydrogens (tertiary/aromatic N) is 6. The van der Waals surface area contributed by atoms with Crippen LogP contribution in [0.5, 0.6) is 0 Å². The minimum Gasteiger partial charge on any atom is -0.252 e. The summed E-state index contributed by atoms with van der Waals surface area (Å²) in [5, 5.41) is 11.2. The molecule has 0 amide bonds. The molecule has 0 aromatic carbocycles. The Hall–Kier alpha value is -3.43. The molecule has 82 heavy (non-hydrogen) atoms. The fourth-order valence-corrected chi connectivity index (χ4v) is 37.8. The van der Waals surface area contributed by atoms with Gasteiger partial charge in [-0.25, -0.2) is 0 Å². The van der Waals surface area contributed by atoms with Gasteiger partial charge in [0, 0.05) is 62.5 Å². The third-order valence-electron chi connectivity index (χ3n) is 19.0. The lowest BCUT2D eigenvalue weighted by atomic mass is 10.0. The predicted octanol–water partition coefficient (Wildman–Crippen LogP) is 21.1. The number of pyridine rings is 2. The molecule has 430 valence electrons. The van der Waals surface area contributed by atoms with Crippen LogP contribution < -0.4 is 20.7 Å². The maximum absolute atomic E-state index is 5.61. The van der Waals surface area contributed by atoms with Crippen molar-refractivity contribution in [3.05, 3.63) is 71.7 Å². The van der Waals surface area contributed by atoms with Gasteiger partial charge in [0.15, 0.2) is 0 Å². The van der Waals surface area contributed by atoms with Gasteiger partial charge in [-0.3, -0.25) is 9.97 Å². The summed E-state index contributed by atoms with van der Waals surface area (Å²) >= 11 is 14.4. The number of unbranched alkanes of at least 4 members (excludes halogenated alkanes) is 4. The lowest BCUT2D eigenvalue weighted by Crippen LogP contribution is -2.56. The van der Waals surface area contributed by atoms with E-state index in [0.717, 1.165) is 56.4 Å². The van der Waals surface area contributed by atoms with Crippen molar-refractivity contribution in [2.45, 2.75) is 182 Å². The normalized spacial score (nSPS) is 17.9. The summed E-state index contributed by atoms with van der Waals surface area (Å²) in [7, 11) is -4.61. The van der Waals surface area contributed by atoms with Crippen molar-refractivity contribution >= 4 is 150 Å². The topological polar surface area (TPSA) is 77.3 Å². The fourth-order valence-electron chi connectivity index (χ4n) is 14.3. The lowest BCUT2D eigenvalue weighted by Gasteiger charge is -2.35. The van der Waals surface area contributed by atoms with Gasteiger partial charge in [-0.05, 0) is 116 Å². The van der Waals surface area contributed by atoms with Crippen LogP contribution in [0, 0.1) is 23.7 Å². The molecule has 12 rings (SSSR count). The predicted molar refractivity (Wildman–Crippen MR) is 372 cm³/mol. The van der Waals surface area contributed by atoms with Crippen molar-refractivity contribution in [1.82, 2.24) is 27.5 Å². The van der Waals surface area contributed by atoms with Gasteiger partial charge in [0.05, 0.1) is 33.2 Å². The average molecular weight is 1270 g/mol. The molecule has 2 aliphatic rings. The van der Waals surface area contributed by atoms with Gasteiger partial charge < -0.3 is 0 Å². The molecule has 0 radical (unpaired) electrons. The Balaban J connectivity index is 0.996. The van der Waals surface area contributed by atoms with E-state index in [4.69, 9.17) is 27.5 Å². The Labute approximate surface area is 522 Å². The highest BCUT2D eigenvalue weighted by Crippen LogP contribution is 2.53. The highest BCUT2D eigenvalue weighted by Gasteiger charge is 2.52. The molecule has 0 aliphatic carbocycles. The third kappa shape index (κ3) is 10.9. The first-order valence-corrected chi connectivity index (χ1v) is 42.4. The van der Waals surface area contributed by atoms with Crippen LogP contribution in [0.4, 0.5) is 0 Å². The molecule has 6 nitrogen and oxygen atoms in total. The average Bonchev–Trinajstić information content (AvgIpc) is 3.91. The zero-order valence-corrected chi connectivity index (χ0v) is 57.9. The van der Waals surface area contributed by atoms with Crippen LogP contribution in [0.25, 0.3) is 93.4 Å². The Morgan fingerprint density at radius 3 is 1.11 bits per heavy atom. The standard InChI is InChI=1S/C66H80N6S8Si2/c1-9-17-23-41(13-5)37-81(38-42(14-6)24-18-10-2)53-31-49(75-63(53)64-54(81)32-50(76-64)48-28-22-30-74-48)46-36-68-60(62-58(46)70-80-72-62)52-34-56-66(78-52)65-55(82(56,39-43(15-7)25-19-11-3)40-44(16-8)26-20-12-4)33-51(77-65)59-61-57(69-79-71-61)45(35-67-59)47-27-21-29-73-47/h21-22,27-36,41-44H,9-20,23-26,37-40H2,1-8H3. The van der Waals surface area contributed by atoms with Gasteiger partial charge in [-0.15, -0.1) is 68.0 Å². The summed E-state index contributed by atoms with van der Waals surface area (Å²) in [5.74, 6) is 2.84. The second-order valence-electron chi connectivity index (χ2n) is 24.0. The van der Waals surface area contributed by atoms with E-state index in [1.54, 1.807) is 41.8 Å². The molecule has 10 aromatic heterocycles. The van der Waals surface area contributed by atoms with Crippen LogP contribution in [0.2, 0.25) is 24.2 Å². The van der Waals surface area contributed by atoms with Crippen LogP contribution in [0.15, 0.2) is 71.7 Å². The number of rotatable bonds is 29. The highest BCUT2D eigenvalue weighted by molar-refractivity contribution is 7.33. The zero-order valence-electron chi connectivity index (χ0n) is 49.3. The molecule has 4 atom stereocenters. The maximum atomic E-state index is 5.61. The van der Waals surface area contributed by atoms with Crippen LogP contribution in [-0.4, -0.2) is 43.6 Å². The molecule has 2 aliphatic heterocycles. The first kappa shape index (κ1) is 58.9. The van der Waals surface area contributed by atoms with Gasteiger partial charge in [-0.2, -0.15) is 17.5 Å². The summed E-state index contributed by atoms with van der Waals surface area (Å²) in [4.78, 5) is 24.9. The first-order valence-electron chi connectivity index (χ1n) is 31.1. The monoisotopic (exact) mass is 1270 g/mol. The molecule has 12 heterocycles. The Kier molecular flexibility index (Phi) is 18.6. The van der Waals surface area contributed by atoms with E-state index < -0.39 is 16.1 Å². The summed E-state index contributed by atoms with van der Waals surface area (Å²) in [6, 6.07) is 24.8. The van der Waals surface area contributed by atoms with Gasteiger partial charge in [0.2, 0.25) is 0 Å². The molecule has 4 unspecified atom stereocenters. The Bertz CT molecular complexity index is 3710. The molecule has 0 spiro atoms. The highest BCUT2D eigenvalue weighted by atomic mass is 32.1. The van der Waals surface area contributed by atoms with E-state index in [1.165, 1.54) is 189 Å². The molecular formula is C66H80N6S8Si2. The summed E-state index contributed by atoms with van der Waals surface area (Å²) in [5.41, 5.74) is 8.09.